The fraction of sp³-hybridized carbons (Fsp3) is 0.375. The van der Waals surface area contributed by atoms with Gasteiger partial charge in [0.05, 0.1) is 12.8 Å². The number of methoxy groups -OCH3 is 1. The minimum Gasteiger partial charge on any atom is -0.497 e. The van der Waals surface area contributed by atoms with Crippen molar-refractivity contribution in [2.24, 2.45) is 5.92 Å². The van der Waals surface area contributed by atoms with Gasteiger partial charge in [0.1, 0.15) is 5.75 Å². The van der Waals surface area contributed by atoms with Crippen LogP contribution in [0.15, 0.2) is 24.3 Å². The van der Waals surface area contributed by atoms with Crippen LogP contribution in [0.1, 0.15) is 34.3 Å². The van der Waals surface area contributed by atoms with Crippen LogP contribution in [0.25, 0.3) is 0 Å². The Hall–Kier alpha value is -1.88. The summed E-state index contributed by atoms with van der Waals surface area (Å²) in [6.07, 6.45) is 3.27. The van der Waals surface area contributed by atoms with Gasteiger partial charge in [-0.3, -0.25) is 10.1 Å². The molecular formula is C16H18N2O2S. The van der Waals surface area contributed by atoms with Crippen molar-refractivity contribution in [2.75, 3.05) is 12.4 Å². The molecule has 1 amide bonds. The molecule has 1 N–H and O–H groups in total. The maximum absolute atomic E-state index is 12.3. The Bertz CT molecular complexity index is 666. The number of benzene rings is 1. The van der Waals surface area contributed by atoms with E-state index in [2.05, 4.69) is 17.2 Å². The van der Waals surface area contributed by atoms with Crippen LogP contribution in [-0.4, -0.2) is 18.0 Å². The summed E-state index contributed by atoms with van der Waals surface area (Å²) < 4.78 is 5.14. The average molecular weight is 302 g/mol. The standard InChI is InChI=1S/C16H18N2O2S/c1-10-6-7-13-14(8-10)21-16(17-13)18-15(19)11-4-3-5-12(9-11)20-2/h3-5,9-10H,6-8H2,1-2H3,(H,17,18,19). The smallest absolute Gasteiger partial charge is 0.257 e. The highest BCUT2D eigenvalue weighted by molar-refractivity contribution is 7.15. The lowest BCUT2D eigenvalue weighted by molar-refractivity contribution is 0.102. The molecule has 1 aromatic heterocycles. The Kier molecular flexibility index (Phi) is 3.92. The lowest BCUT2D eigenvalue weighted by atomic mass is 9.93. The van der Waals surface area contributed by atoms with Gasteiger partial charge in [-0.05, 0) is 43.4 Å². The first-order valence-corrected chi connectivity index (χ1v) is 7.91. The molecule has 1 heterocycles. The molecule has 1 unspecified atom stereocenters. The van der Waals surface area contributed by atoms with Gasteiger partial charge < -0.3 is 4.74 Å². The van der Waals surface area contributed by atoms with E-state index in [-0.39, 0.29) is 5.91 Å². The molecule has 3 rings (SSSR count). The van der Waals surface area contributed by atoms with Crippen molar-refractivity contribution in [2.45, 2.75) is 26.2 Å². The summed E-state index contributed by atoms with van der Waals surface area (Å²) in [6.45, 7) is 2.26. The van der Waals surface area contributed by atoms with E-state index in [4.69, 9.17) is 4.74 Å². The van der Waals surface area contributed by atoms with Gasteiger partial charge >= 0.3 is 0 Å². The average Bonchev–Trinajstić information content (AvgIpc) is 2.88. The van der Waals surface area contributed by atoms with Crippen LogP contribution in [0.2, 0.25) is 0 Å². The predicted molar refractivity (Wildman–Crippen MR) is 84.3 cm³/mol. The molecule has 4 nitrogen and oxygen atoms in total. The van der Waals surface area contributed by atoms with E-state index in [1.807, 2.05) is 12.1 Å². The first kappa shape index (κ1) is 14.1. The molecule has 0 spiro atoms. The van der Waals surface area contributed by atoms with E-state index >= 15 is 0 Å². The molecule has 5 heteroatoms. The van der Waals surface area contributed by atoms with E-state index in [0.717, 1.165) is 18.5 Å². The first-order chi connectivity index (χ1) is 10.2. The second-order valence-electron chi connectivity index (χ2n) is 5.42. The molecule has 1 aliphatic rings. The SMILES string of the molecule is COc1cccc(C(=O)Nc2nc3c(s2)CC(C)CC3)c1. The number of carbonyl (C=O) groups excluding carboxylic acids is 1. The number of hydrogen-bond donors (Lipinski definition) is 1. The summed E-state index contributed by atoms with van der Waals surface area (Å²) in [5.74, 6) is 1.24. The first-order valence-electron chi connectivity index (χ1n) is 7.09. The molecule has 0 saturated heterocycles. The van der Waals surface area contributed by atoms with E-state index < -0.39 is 0 Å². The minimum absolute atomic E-state index is 0.145. The van der Waals surface area contributed by atoms with Gasteiger partial charge in [0, 0.05) is 10.4 Å². The number of rotatable bonds is 3. The van der Waals surface area contributed by atoms with Crippen molar-refractivity contribution in [3.63, 3.8) is 0 Å². The number of thiazole rings is 1. The molecule has 0 bridgehead atoms. The van der Waals surface area contributed by atoms with E-state index in [0.29, 0.717) is 22.4 Å². The van der Waals surface area contributed by atoms with Gasteiger partial charge in [-0.2, -0.15) is 0 Å². The number of amides is 1. The molecule has 0 saturated carbocycles. The second kappa shape index (κ2) is 5.85. The van der Waals surface area contributed by atoms with E-state index in [1.165, 1.54) is 11.3 Å². The monoisotopic (exact) mass is 302 g/mol. The number of aryl methyl sites for hydroxylation is 1. The normalized spacial score (nSPS) is 17.1. The van der Waals surface area contributed by atoms with Crippen molar-refractivity contribution >= 4 is 22.4 Å². The summed E-state index contributed by atoms with van der Waals surface area (Å²) in [5.41, 5.74) is 1.73. The Morgan fingerprint density at radius 3 is 3.14 bits per heavy atom. The summed E-state index contributed by atoms with van der Waals surface area (Å²) in [7, 11) is 1.59. The van der Waals surface area contributed by atoms with Crippen LogP contribution in [0.3, 0.4) is 0 Å². The van der Waals surface area contributed by atoms with Crippen molar-refractivity contribution < 1.29 is 9.53 Å². The lowest BCUT2D eigenvalue weighted by Crippen LogP contribution is -2.12. The van der Waals surface area contributed by atoms with Gasteiger partial charge in [-0.15, -0.1) is 11.3 Å². The van der Waals surface area contributed by atoms with Crippen LogP contribution in [0.5, 0.6) is 5.75 Å². The Balaban J connectivity index is 1.75. The summed E-state index contributed by atoms with van der Waals surface area (Å²) in [6, 6.07) is 7.13. The largest absolute Gasteiger partial charge is 0.497 e. The summed E-state index contributed by atoms with van der Waals surface area (Å²) >= 11 is 1.60. The number of ether oxygens (including phenoxy) is 1. The van der Waals surface area contributed by atoms with Gasteiger partial charge in [-0.25, -0.2) is 4.98 Å². The molecule has 0 radical (unpaired) electrons. The van der Waals surface area contributed by atoms with Crippen LogP contribution in [-0.2, 0) is 12.8 Å². The topological polar surface area (TPSA) is 51.2 Å². The third kappa shape index (κ3) is 3.08. The van der Waals surface area contributed by atoms with Crippen LogP contribution in [0.4, 0.5) is 5.13 Å². The number of hydrogen-bond acceptors (Lipinski definition) is 4. The zero-order valence-corrected chi connectivity index (χ0v) is 13.0. The molecule has 1 aliphatic carbocycles. The minimum atomic E-state index is -0.145. The molecule has 0 aliphatic heterocycles. The molecule has 2 aromatic rings. The van der Waals surface area contributed by atoms with Gasteiger partial charge in [0.15, 0.2) is 5.13 Å². The van der Waals surface area contributed by atoms with Crippen LogP contribution < -0.4 is 10.1 Å². The number of nitrogens with one attached hydrogen (secondary N) is 1. The molecule has 0 fully saturated rings. The number of aromatic nitrogens is 1. The predicted octanol–water partition coefficient (Wildman–Crippen LogP) is 3.53. The fourth-order valence-electron chi connectivity index (χ4n) is 2.53. The molecule has 110 valence electrons. The molecular weight excluding hydrogens is 284 g/mol. The van der Waals surface area contributed by atoms with Crippen molar-refractivity contribution in [3.8, 4) is 5.75 Å². The van der Waals surface area contributed by atoms with Crippen LogP contribution in [0, 0.1) is 5.92 Å². The van der Waals surface area contributed by atoms with Gasteiger partial charge in [0.2, 0.25) is 0 Å². The van der Waals surface area contributed by atoms with E-state index in [1.54, 1.807) is 30.6 Å². The zero-order chi connectivity index (χ0) is 14.8. The zero-order valence-electron chi connectivity index (χ0n) is 12.2. The third-order valence-electron chi connectivity index (χ3n) is 3.74. The number of anilines is 1. The molecule has 21 heavy (non-hydrogen) atoms. The van der Waals surface area contributed by atoms with Gasteiger partial charge in [0.25, 0.3) is 5.91 Å². The maximum Gasteiger partial charge on any atom is 0.257 e. The lowest BCUT2D eigenvalue weighted by Gasteiger charge is -2.15. The second-order valence-corrected chi connectivity index (χ2v) is 6.51. The summed E-state index contributed by atoms with van der Waals surface area (Å²) in [5, 5.41) is 3.59. The third-order valence-corrected chi connectivity index (χ3v) is 4.77. The highest BCUT2D eigenvalue weighted by atomic mass is 32.1. The fourth-order valence-corrected chi connectivity index (χ4v) is 3.69. The van der Waals surface area contributed by atoms with Crippen molar-refractivity contribution in [1.29, 1.82) is 0 Å². The maximum atomic E-state index is 12.3. The molecule has 1 atom stereocenters. The van der Waals surface area contributed by atoms with E-state index in [9.17, 15) is 4.79 Å². The molecule has 1 aromatic carbocycles. The van der Waals surface area contributed by atoms with Crippen molar-refractivity contribution in [3.05, 3.63) is 40.4 Å². The number of carbonyl (C=O) groups is 1. The van der Waals surface area contributed by atoms with Gasteiger partial charge in [-0.1, -0.05) is 13.0 Å². The Labute approximate surface area is 128 Å². The van der Waals surface area contributed by atoms with Crippen LogP contribution >= 0.6 is 11.3 Å². The highest BCUT2D eigenvalue weighted by Gasteiger charge is 2.20. The quantitative estimate of drug-likeness (QED) is 0.943. The van der Waals surface area contributed by atoms with Crippen molar-refractivity contribution in [1.82, 2.24) is 4.98 Å². The number of fused-ring (bicyclic) bond motifs is 1. The Morgan fingerprint density at radius 1 is 1.48 bits per heavy atom. The Morgan fingerprint density at radius 2 is 2.33 bits per heavy atom. The highest BCUT2D eigenvalue weighted by Crippen LogP contribution is 2.32. The summed E-state index contributed by atoms with van der Waals surface area (Å²) in [4.78, 5) is 18.1. The number of nitrogens with zero attached hydrogens (tertiary/aromatic N) is 1.